The smallest absolute Gasteiger partial charge is 0.315 e. The van der Waals surface area contributed by atoms with E-state index in [4.69, 9.17) is 9.47 Å². The molecule has 6 rings (SSSR count). The van der Waals surface area contributed by atoms with E-state index < -0.39 is 0 Å². The fourth-order valence-corrected chi connectivity index (χ4v) is 6.97. The first kappa shape index (κ1) is 28.9. The van der Waals surface area contributed by atoms with Crippen LogP contribution in [0, 0.1) is 17.3 Å². The van der Waals surface area contributed by atoms with Crippen LogP contribution < -0.4 is 20.1 Å². The molecule has 1 aliphatic heterocycles. The van der Waals surface area contributed by atoms with E-state index in [0.717, 1.165) is 48.3 Å². The van der Waals surface area contributed by atoms with E-state index in [9.17, 15) is 4.79 Å². The number of benzene rings is 4. The maximum Gasteiger partial charge on any atom is 0.315 e. The van der Waals surface area contributed by atoms with Gasteiger partial charge in [0, 0.05) is 12.1 Å². The van der Waals surface area contributed by atoms with Gasteiger partial charge in [0.15, 0.2) is 0 Å². The van der Waals surface area contributed by atoms with Gasteiger partial charge in [0.1, 0.15) is 24.7 Å². The number of fused-ring (bicyclic) bond motifs is 1. The zero-order valence-corrected chi connectivity index (χ0v) is 25.2. The number of hydrogen-bond acceptors (Lipinski definition) is 3. The van der Waals surface area contributed by atoms with Crippen LogP contribution in [0.3, 0.4) is 0 Å². The first-order valence-corrected chi connectivity index (χ1v) is 15.5. The van der Waals surface area contributed by atoms with Crippen molar-refractivity contribution >= 4 is 6.03 Å². The summed E-state index contributed by atoms with van der Waals surface area (Å²) >= 11 is 0. The van der Waals surface area contributed by atoms with Gasteiger partial charge < -0.3 is 20.1 Å². The van der Waals surface area contributed by atoms with Crippen LogP contribution in [0.4, 0.5) is 4.79 Å². The molecule has 0 spiro atoms. The van der Waals surface area contributed by atoms with Crippen molar-refractivity contribution in [1.82, 2.24) is 10.6 Å². The molecule has 0 aromatic heterocycles. The average molecular weight is 575 g/mol. The summed E-state index contributed by atoms with van der Waals surface area (Å²) in [5.41, 5.74) is 4.96. The Kier molecular flexibility index (Phi) is 8.69. The van der Waals surface area contributed by atoms with Crippen LogP contribution in [0.2, 0.25) is 0 Å². The number of carbonyl (C=O) groups excluding carboxylic acids is 1. The Morgan fingerprint density at radius 1 is 0.581 bits per heavy atom. The molecule has 43 heavy (non-hydrogen) atoms. The molecule has 222 valence electrons. The first-order valence-electron chi connectivity index (χ1n) is 15.5. The molecule has 4 aromatic carbocycles. The molecule has 1 saturated heterocycles. The van der Waals surface area contributed by atoms with E-state index in [1.165, 1.54) is 11.1 Å². The van der Waals surface area contributed by atoms with Gasteiger partial charge in [-0.2, -0.15) is 0 Å². The Balaban J connectivity index is 1.10. The van der Waals surface area contributed by atoms with Gasteiger partial charge in [0.2, 0.25) is 0 Å². The number of nitrogens with one attached hydrogen (secondary N) is 2. The molecule has 1 saturated carbocycles. The molecular formula is C38H42N2O3. The minimum atomic E-state index is -0.0622. The standard InChI is InChI=1S/C38H42N2O3/c1-38(2)23-33-34(24-38)36(22-28-15-19-32(20-16-28)43-26-30-11-7-4-8-12-30)40-37(41)39-35(33)21-27-13-17-31(18-14-27)42-25-29-9-5-3-6-10-29/h3-20,33-36H,21-26H2,1-2H3,(H2,39,40,41)/t33-,34-,35-,36-/m1/s1. The van der Waals surface area contributed by atoms with Crippen molar-refractivity contribution in [2.45, 2.75) is 64.8 Å². The number of urea groups is 1. The lowest BCUT2D eigenvalue weighted by atomic mass is 9.80. The van der Waals surface area contributed by atoms with Crippen LogP contribution in [0.25, 0.3) is 0 Å². The van der Waals surface area contributed by atoms with Crippen LogP contribution in [0.15, 0.2) is 109 Å². The predicted octanol–water partition coefficient (Wildman–Crippen LogP) is 7.73. The van der Waals surface area contributed by atoms with Gasteiger partial charge in [-0.1, -0.05) is 98.8 Å². The van der Waals surface area contributed by atoms with Gasteiger partial charge in [-0.3, -0.25) is 0 Å². The minimum Gasteiger partial charge on any atom is -0.489 e. The molecule has 4 aromatic rings. The summed E-state index contributed by atoms with van der Waals surface area (Å²) in [7, 11) is 0. The predicted molar refractivity (Wildman–Crippen MR) is 171 cm³/mol. The summed E-state index contributed by atoms with van der Waals surface area (Å²) in [4.78, 5) is 13.2. The number of carbonyl (C=O) groups is 1. The molecule has 5 nitrogen and oxygen atoms in total. The second-order valence-corrected chi connectivity index (χ2v) is 13.0. The van der Waals surface area contributed by atoms with Crippen molar-refractivity contribution in [2.24, 2.45) is 17.3 Å². The average Bonchev–Trinajstić information content (AvgIpc) is 3.30. The largest absolute Gasteiger partial charge is 0.489 e. The van der Waals surface area contributed by atoms with Gasteiger partial charge in [0.05, 0.1) is 0 Å². The molecule has 5 heteroatoms. The number of amides is 2. The molecule has 2 fully saturated rings. The summed E-state index contributed by atoms with van der Waals surface area (Å²) in [6.07, 6.45) is 3.82. The Labute approximate surface area is 255 Å². The zero-order valence-electron chi connectivity index (χ0n) is 25.2. The summed E-state index contributed by atoms with van der Waals surface area (Å²) < 4.78 is 12.0. The SMILES string of the molecule is CC1(C)C[C@@H]2[C@@H](C1)[C@@H](Cc1ccc(OCc3ccccc3)cc1)NC(=O)N[C@@H]2Cc1ccc(OCc2ccccc2)cc1. The zero-order chi connectivity index (χ0) is 29.6. The van der Waals surface area contributed by atoms with Crippen LogP contribution in [0.5, 0.6) is 11.5 Å². The summed E-state index contributed by atoms with van der Waals surface area (Å²) in [6, 6.07) is 37.2. The van der Waals surface area contributed by atoms with Crippen LogP contribution in [-0.4, -0.2) is 18.1 Å². The lowest BCUT2D eigenvalue weighted by Gasteiger charge is -2.29. The Morgan fingerprint density at radius 3 is 1.37 bits per heavy atom. The Morgan fingerprint density at radius 2 is 0.977 bits per heavy atom. The summed E-state index contributed by atoms with van der Waals surface area (Å²) in [5.74, 6) is 2.52. The molecule has 2 N–H and O–H groups in total. The van der Waals surface area contributed by atoms with E-state index in [2.05, 4.69) is 73.0 Å². The fraction of sp³-hybridized carbons (Fsp3) is 0.342. The van der Waals surface area contributed by atoms with E-state index in [1.54, 1.807) is 0 Å². The maximum atomic E-state index is 13.2. The highest BCUT2D eigenvalue weighted by Crippen LogP contribution is 2.49. The van der Waals surface area contributed by atoms with Crippen molar-refractivity contribution in [3.05, 3.63) is 131 Å². The Bertz CT molecular complexity index is 1360. The first-order chi connectivity index (χ1) is 20.9. The molecule has 2 aliphatic rings. The normalized spacial score (nSPS) is 22.5. The third-order valence-corrected chi connectivity index (χ3v) is 9.05. The molecule has 1 aliphatic carbocycles. The van der Waals surface area contributed by atoms with Crippen molar-refractivity contribution in [1.29, 1.82) is 0 Å². The van der Waals surface area contributed by atoms with E-state index in [-0.39, 0.29) is 23.5 Å². The van der Waals surface area contributed by atoms with E-state index in [1.807, 2.05) is 60.7 Å². The molecule has 1 heterocycles. The minimum absolute atomic E-state index is 0.0622. The molecule has 0 unspecified atom stereocenters. The van der Waals surface area contributed by atoms with Crippen LogP contribution in [0.1, 0.15) is 48.9 Å². The van der Waals surface area contributed by atoms with Crippen molar-refractivity contribution in [3.63, 3.8) is 0 Å². The fourth-order valence-electron chi connectivity index (χ4n) is 6.97. The van der Waals surface area contributed by atoms with Gasteiger partial charge in [0.25, 0.3) is 0 Å². The Hall–Kier alpha value is -4.25. The van der Waals surface area contributed by atoms with Gasteiger partial charge in [-0.05, 0) is 89.5 Å². The molecule has 0 bridgehead atoms. The van der Waals surface area contributed by atoms with Crippen LogP contribution in [-0.2, 0) is 26.1 Å². The highest BCUT2D eigenvalue weighted by atomic mass is 16.5. The summed E-state index contributed by atoms with van der Waals surface area (Å²) in [5, 5.41) is 6.71. The monoisotopic (exact) mass is 574 g/mol. The van der Waals surface area contributed by atoms with Gasteiger partial charge in [-0.25, -0.2) is 4.79 Å². The van der Waals surface area contributed by atoms with E-state index >= 15 is 0 Å². The number of rotatable bonds is 10. The highest BCUT2D eigenvalue weighted by molar-refractivity contribution is 5.75. The second-order valence-electron chi connectivity index (χ2n) is 13.0. The van der Waals surface area contributed by atoms with Crippen LogP contribution >= 0.6 is 0 Å². The lowest BCUT2D eigenvalue weighted by molar-refractivity contribution is 0.232. The second kappa shape index (κ2) is 12.9. The van der Waals surface area contributed by atoms with Gasteiger partial charge >= 0.3 is 6.03 Å². The third kappa shape index (κ3) is 7.59. The molecule has 4 atom stereocenters. The maximum absolute atomic E-state index is 13.2. The van der Waals surface area contributed by atoms with Gasteiger partial charge in [-0.15, -0.1) is 0 Å². The van der Waals surface area contributed by atoms with Crippen molar-refractivity contribution in [2.75, 3.05) is 0 Å². The number of hydrogen-bond donors (Lipinski definition) is 2. The topological polar surface area (TPSA) is 59.6 Å². The highest BCUT2D eigenvalue weighted by Gasteiger charge is 2.48. The molecular weight excluding hydrogens is 532 g/mol. The van der Waals surface area contributed by atoms with Crippen molar-refractivity contribution < 1.29 is 14.3 Å². The molecule has 0 radical (unpaired) electrons. The number of ether oxygens (including phenoxy) is 2. The van der Waals surface area contributed by atoms with E-state index in [0.29, 0.717) is 25.0 Å². The quantitative estimate of drug-likeness (QED) is 0.204. The third-order valence-electron chi connectivity index (χ3n) is 9.05. The van der Waals surface area contributed by atoms with Crippen molar-refractivity contribution in [3.8, 4) is 11.5 Å². The molecule has 2 amide bonds. The lowest BCUT2D eigenvalue weighted by Crippen LogP contribution is -2.45. The summed E-state index contributed by atoms with van der Waals surface area (Å²) in [6.45, 7) is 5.84.